The van der Waals surface area contributed by atoms with Crippen molar-refractivity contribution in [1.29, 1.82) is 0 Å². The molecule has 1 aliphatic rings. The number of anilines is 1. The van der Waals surface area contributed by atoms with Crippen molar-refractivity contribution in [2.24, 2.45) is 0 Å². The average Bonchev–Trinajstić information content (AvgIpc) is 2.42. The van der Waals surface area contributed by atoms with E-state index in [0.717, 1.165) is 24.4 Å². The van der Waals surface area contributed by atoms with Gasteiger partial charge in [-0.25, -0.2) is 0 Å². The van der Waals surface area contributed by atoms with Crippen molar-refractivity contribution in [2.75, 3.05) is 32.3 Å². The molecule has 1 aromatic carbocycles. The van der Waals surface area contributed by atoms with Crippen LogP contribution in [-0.2, 0) is 16.0 Å². The van der Waals surface area contributed by atoms with Crippen LogP contribution in [-0.4, -0.2) is 39.4 Å². The Morgan fingerprint density at radius 2 is 2.26 bits per heavy atom. The molecule has 0 saturated carbocycles. The van der Waals surface area contributed by atoms with Crippen molar-refractivity contribution in [1.82, 2.24) is 5.32 Å². The predicted molar refractivity (Wildman–Crippen MR) is 73.5 cm³/mol. The van der Waals surface area contributed by atoms with Crippen molar-refractivity contribution in [3.8, 4) is 5.75 Å². The molecule has 0 bridgehead atoms. The van der Waals surface area contributed by atoms with E-state index < -0.39 is 6.10 Å². The maximum atomic E-state index is 12.1. The number of carbonyl (C=O) groups is 1. The van der Waals surface area contributed by atoms with Crippen LogP contribution in [0.5, 0.6) is 5.75 Å². The van der Waals surface area contributed by atoms with E-state index in [2.05, 4.69) is 5.32 Å². The topological polar surface area (TPSA) is 50.8 Å². The fourth-order valence-electron chi connectivity index (χ4n) is 2.14. The first-order valence-electron chi connectivity index (χ1n) is 6.42. The van der Waals surface area contributed by atoms with E-state index >= 15 is 0 Å². The van der Waals surface area contributed by atoms with Gasteiger partial charge in [0.1, 0.15) is 12.5 Å². The summed E-state index contributed by atoms with van der Waals surface area (Å²) < 4.78 is 10.7. The van der Waals surface area contributed by atoms with Gasteiger partial charge in [-0.05, 0) is 44.6 Å². The van der Waals surface area contributed by atoms with Gasteiger partial charge in [0.05, 0.1) is 5.69 Å². The molecule has 1 unspecified atom stereocenters. The zero-order valence-electron chi connectivity index (χ0n) is 11.6. The number of amides is 1. The first kappa shape index (κ1) is 13.8. The minimum Gasteiger partial charge on any atom is -0.479 e. The molecule has 19 heavy (non-hydrogen) atoms. The number of likely N-dealkylation sites (N-methyl/N-ethyl adjacent to an activating group) is 1. The van der Waals surface area contributed by atoms with E-state index in [1.165, 1.54) is 5.56 Å². The highest BCUT2D eigenvalue weighted by molar-refractivity contribution is 5.99. The first-order valence-corrected chi connectivity index (χ1v) is 6.42. The Kier molecular flexibility index (Phi) is 4.39. The SMILES string of the molecule is CNCCc1ccc2c(c1)N(COC)C(=O)C(C)O2. The van der Waals surface area contributed by atoms with Crippen molar-refractivity contribution in [2.45, 2.75) is 19.4 Å². The van der Waals surface area contributed by atoms with E-state index in [1.54, 1.807) is 18.9 Å². The first-order chi connectivity index (χ1) is 9.17. The van der Waals surface area contributed by atoms with E-state index in [1.807, 2.05) is 25.2 Å². The molecule has 2 rings (SSSR count). The lowest BCUT2D eigenvalue weighted by Crippen LogP contribution is -2.45. The number of benzene rings is 1. The molecule has 1 heterocycles. The lowest BCUT2D eigenvalue weighted by atomic mass is 10.1. The summed E-state index contributed by atoms with van der Waals surface area (Å²) in [6, 6.07) is 5.95. The minimum atomic E-state index is -0.467. The quantitative estimate of drug-likeness (QED) is 0.867. The van der Waals surface area contributed by atoms with Crippen molar-refractivity contribution >= 4 is 11.6 Å². The lowest BCUT2D eigenvalue weighted by molar-refractivity contribution is -0.126. The van der Waals surface area contributed by atoms with E-state index in [0.29, 0.717) is 0 Å². The Hall–Kier alpha value is -1.59. The summed E-state index contributed by atoms with van der Waals surface area (Å²) in [7, 11) is 3.50. The van der Waals surface area contributed by atoms with Crippen LogP contribution < -0.4 is 15.0 Å². The van der Waals surface area contributed by atoms with Gasteiger partial charge < -0.3 is 14.8 Å². The molecule has 5 heteroatoms. The molecule has 104 valence electrons. The molecule has 0 spiro atoms. The summed E-state index contributed by atoms with van der Waals surface area (Å²) in [6.07, 6.45) is 0.444. The van der Waals surface area contributed by atoms with Gasteiger partial charge >= 0.3 is 0 Å². The van der Waals surface area contributed by atoms with E-state index in [9.17, 15) is 4.79 Å². The van der Waals surface area contributed by atoms with Gasteiger partial charge in [-0.15, -0.1) is 0 Å². The largest absolute Gasteiger partial charge is 0.479 e. The number of nitrogens with zero attached hydrogens (tertiary/aromatic N) is 1. The molecule has 0 saturated heterocycles. The molecule has 0 radical (unpaired) electrons. The number of ether oxygens (including phenoxy) is 2. The van der Waals surface area contributed by atoms with Crippen LogP contribution in [0, 0.1) is 0 Å². The summed E-state index contributed by atoms with van der Waals surface area (Å²) in [5.74, 6) is 0.664. The Morgan fingerprint density at radius 3 is 2.95 bits per heavy atom. The Labute approximate surface area is 113 Å². The number of hydrogen-bond donors (Lipinski definition) is 1. The molecular weight excluding hydrogens is 244 g/mol. The fourth-order valence-corrected chi connectivity index (χ4v) is 2.14. The fraction of sp³-hybridized carbons (Fsp3) is 0.500. The van der Waals surface area contributed by atoms with Crippen LogP contribution in [0.15, 0.2) is 18.2 Å². The van der Waals surface area contributed by atoms with Crippen LogP contribution in [0.4, 0.5) is 5.69 Å². The summed E-state index contributed by atoms with van der Waals surface area (Å²) in [4.78, 5) is 13.7. The van der Waals surface area contributed by atoms with Gasteiger partial charge in [0.15, 0.2) is 6.10 Å². The molecule has 0 aromatic heterocycles. The van der Waals surface area contributed by atoms with Crippen molar-refractivity contribution < 1.29 is 14.3 Å². The van der Waals surface area contributed by atoms with Crippen molar-refractivity contribution in [3.05, 3.63) is 23.8 Å². The van der Waals surface area contributed by atoms with Crippen LogP contribution in [0.1, 0.15) is 12.5 Å². The molecule has 1 aliphatic heterocycles. The van der Waals surface area contributed by atoms with Crippen LogP contribution in [0.2, 0.25) is 0 Å². The number of nitrogens with one attached hydrogen (secondary N) is 1. The smallest absolute Gasteiger partial charge is 0.269 e. The second-order valence-corrected chi connectivity index (χ2v) is 4.60. The van der Waals surface area contributed by atoms with Crippen molar-refractivity contribution in [3.63, 3.8) is 0 Å². The standard InChI is InChI=1S/C14H20N2O3/c1-10-14(17)16(9-18-3)12-8-11(6-7-15-2)4-5-13(12)19-10/h4-5,8,10,15H,6-7,9H2,1-3H3. The minimum absolute atomic E-state index is 0.0693. The van der Waals surface area contributed by atoms with Crippen LogP contribution >= 0.6 is 0 Å². The summed E-state index contributed by atoms with van der Waals surface area (Å²) >= 11 is 0. The number of hydrogen-bond acceptors (Lipinski definition) is 4. The van der Waals surface area contributed by atoms with E-state index in [-0.39, 0.29) is 12.6 Å². The molecule has 1 amide bonds. The Bertz CT molecular complexity index is 462. The maximum Gasteiger partial charge on any atom is 0.269 e. The van der Waals surface area contributed by atoms with Crippen LogP contribution in [0.3, 0.4) is 0 Å². The monoisotopic (exact) mass is 264 g/mol. The second kappa shape index (κ2) is 6.04. The predicted octanol–water partition coefficient (Wildman–Crippen LogP) is 1.17. The van der Waals surface area contributed by atoms with Gasteiger partial charge in [-0.1, -0.05) is 6.07 Å². The third kappa shape index (κ3) is 2.88. The summed E-state index contributed by atoms with van der Waals surface area (Å²) in [6.45, 7) is 2.89. The summed E-state index contributed by atoms with van der Waals surface area (Å²) in [5, 5.41) is 3.11. The maximum absolute atomic E-state index is 12.1. The normalized spacial score (nSPS) is 18.2. The van der Waals surface area contributed by atoms with Crippen LogP contribution in [0.25, 0.3) is 0 Å². The molecular formula is C14H20N2O3. The number of methoxy groups -OCH3 is 1. The van der Waals surface area contributed by atoms with Gasteiger partial charge in [0.25, 0.3) is 5.91 Å². The van der Waals surface area contributed by atoms with Gasteiger partial charge in [0.2, 0.25) is 0 Å². The highest BCUT2D eigenvalue weighted by atomic mass is 16.5. The molecule has 5 nitrogen and oxygen atoms in total. The zero-order chi connectivity index (χ0) is 13.8. The average molecular weight is 264 g/mol. The number of rotatable bonds is 5. The number of carbonyl (C=O) groups excluding carboxylic acids is 1. The second-order valence-electron chi connectivity index (χ2n) is 4.60. The Morgan fingerprint density at radius 1 is 1.47 bits per heavy atom. The molecule has 0 fully saturated rings. The van der Waals surface area contributed by atoms with E-state index in [4.69, 9.17) is 9.47 Å². The molecule has 1 aromatic rings. The third-order valence-electron chi connectivity index (χ3n) is 3.15. The van der Waals surface area contributed by atoms with Gasteiger partial charge in [-0.2, -0.15) is 0 Å². The highest BCUT2D eigenvalue weighted by Crippen LogP contribution is 2.34. The van der Waals surface area contributed by atoms with Gasteiger partial charge in [-0.3, -0.25) is 9.69 Å². The highest BCUT2D eigenvalue weighted by Gasteiger charge is 2.31. The molecule has 0 aliphatic carbocycles. The van der Waals surface area contributed by atoms with Gasteiger partial charge in [0, 0.05) is 7.11 Å². The molecule has 1 N–H and O–H groups in total. The summed E-state index contributed by atoms with van der Waals surface area (Å²) in [5.41, 5.74) is 1.96. The zero-order valence-corrected chi connectivity index (χ0v) is 11.6. The lowest BCUT2D eigenvalue weighted by Gasteiger charge is -2.32. The molecule has 1 atom stereocenters. The third-order valence-corrected chi connectivity index (χ3v) is 3.15. The Balaban J connectivity index is 2.31. The number of fused-ring (bicyclic) bond motifs is 1.